The summed E-state index contributed by atoms with van der Waals surface area (Å²) in [5.74, 6) is 2.71. The molecule has 0 fully saturated rings. The van der Waals surface area contributed by atoms with E-state index in [4.69, 9.17) is 5.73 Å². The molecule has 0 radical (unpaired) electrons. The summed E-state index contributed by atoms with van der Waals surface area (Å²) in [5.41, 5.74) is 8.67. The zero-order chi connectivity index (χ0) is 13.4. The van der Waals surface area contributed by atoms with Crippen LogP contribution in [0, 0.1) is 10.1 Å². The van der Waals surface area contributed by atoms with Crippen LogP contribution in [-0.4, -0.2) is 14.9 Å². The molecule has 96 valence electrons. The second-order valence-corrected chi connectivity index (χ2v) is 5.14. The summed E-state index contributed by atoms with van der Waals surface area (Å²) in [7, 11) is 0. The highest BCUT2D eigenvalue weighted by molar-refractivity contribution is 7.98. The molecule has 0 spiro atoms. The molecule has 6 nitrogen and oxygen atoms in total. The van der Waals surface area contributed by atoms with E-state index in [-0.39, 0.29) is 5.69 Å². The van der Waals surface area contributed by atoms with Gasteiger partial charge in [0.1, 0.15) is 5.82 Å². The number of benzene rings is 1. The average molecular weight is 274 g/mol. The van der Waals surface area contributed by atoms with E-state index in [0.717, 1.165) is 28.3 Å². The van der Waals surface area contributed by atoms with Gasteiger partial charge < -0.3 is 5.73 Å². The van der Waals surface area contributed by atoms with Gasteiger partial charge in [0.25, 0.3) is 5.69 Å². The number of nitrogen functional groups attached to an aromatic ring is 1. The van der Waals surface area contributed by atoms with Crippen molar-refractivity contribution in [2.45, 2.75) is 11.5 Å². The van der Waals surface area contributed by atoms with Crippen molar-refractivity contribution in [3.8, 4) is 11.4 Å². The molecule has 0 saturated carbocycles. The maximum atomic E-state index is 10.6. The molecular weight excluding hydrogens is 264 g/mol. The van der Waals surface area contributed by atoms with Crippen LogP contribution in [0.3, 0.4) is 0 Å². The smallest absolute Gasteiger partial charge is 0.269 e. The van der Waals surface area contributed by atoms with Crippen LogP contribution in [0.25, 0.3) is 11.4 Å². The fourth-order valence-corrected chi connectivity index (χ4v) is 2.99. The third-order valence-electron chi connectivity index (χ3n) is 2.95. The number of nitro benzene ring substituents is 1. The van der Waals surface area contributed by atoms with Crippen LogP contribution >= 0.6 is 11.8 Å². The number of nitro groups is 1. The molecule has 0 bridgehead atoms. The fourth-order valence-electron chi connectivity index (χ4n) is 1.94. The average Bonchev–Trinajstić information content (AvgIpc) is 2.87. The molecule has 1 aliphatic rings. The van der Waals surface area contributed by atoms with Crippen LogP contribution in [-0.2, 0) is 11.5 Å². The van der Waals surface area contributed by atoms with E-state index in [1.807, 2.05) is 0 Å². The molecule has 1 aliphatic heterocycles. The maximum Gasteiger partial charge on any atom is 0.269 e. The molecule has 2 N–H and O–H groups in total. The molecule has 7 heteroatoms. The highest BCUT2D eigenvalue weighted by atomic mass is 32.2. The Labute approximate surface area is 113 Å². The van der Waals surface area contributed by atoms with Gasteiger partial charge in [-0.05, 0) is 12.1 Å². The van der Waals surface area contributed by atoms with Gasteiger partial charge in [-0.1, -0.05) is 0 Å². The first-order valence-corrected chi connectivity index (χ1v) is 6.78. The van der Waals surface area contributed by atoms with Crippen LogP contribution in [0.4, 0.5) is 11.5 Å². The van der Waals surface area contributed by atoms with E-state index >= 15 is 0 Å². The zero-order valence-corrected chi connectivity index (χ0v) is 10.7. The second-order valence-electron chi connectivity index (χ2n) is 4.15. The monoisotopic (exact) mass is 274 g/mol. The van der Waals surface area contributed by atoms with Crippen LogP contribution in [0.15, 0.2) is 24.3 Å². The summed E-state index contributed by atoms with van der Waals surface area (Å²) in [6, 6.07) is 6.16. The van der Waals surface area contributed by atoms with Crippen molar-refractivity contribution in [3.05, 3.63) is 45.6 Å². The SMILES string of the molecule is Nc1nc(-c2ccc([N+](=O)[O-])cc2)nc2c1CSC2. The van der Waals surface area contributed by atoms with Crippen molar-refractivity contribution in [1.29, 1.82) is 0 Å². The third kappa shape index (κ3) is 2.12. The first-order chi connectivity index (χ1) is 9.15. The summed E-state index contributed by atoms with van der Waals surface area (Å²) in [6.07, 6.45) is 0. The van der Waals surface area contributed by atoms with Gasteiger partial charge in [0.2, 0.25) is 0 Å². The fraction of sp³-hybridized carbons (Fsp3) is 0.167. The Morgan fingerprint density at radius 3 is 2.63 bits per heavy atom. The largest absolute Gasteiger partial charge is 0.383 e. The van der Waals surface area contributed by atoms with Crippen molar-refractivity contribution in [1.82, 2.24) is 9.97 Å². The minimum atomic E-state index is -0.432. The van der Waals surface area contributed by atoms with Crippen molar-refractivity contribution in [3.63, 3.8) is 0 Å². The summed E-state index contributed by atoms with van der Waals surface area (Å²) < 4.78 is 0. The van der Waals surface area contributed by atoms with E-state index in [1.54, 1.807) is 23.9 Å². The lowest BCUT2D eigenvalue weighted by Crippen LogP contribution is -2.02. The minimum Gasteiger partial charge on any atom is -0.383 e. The Kier molecular flexibility index (Phi) is 2.83. The summed E-state index contributed by atoms with van der Waals surface area (Å²) in [4.78, 5) is 18.9. The highest BCUT2D eigenvalue weighted by Crippen LogP contribution is 2.33. The Bertz CT molecular complexity index is 658. The minimum absolute atomic E-state index is 0.0495. The van der Waals surface area contributed by atoms with Crippen molar-refractivity contribution < 1.29 is 4.92 Å². The number of thioether (sulfide) groups is 1. The molecular formula is C12H10N4O2S. The molecule has 0 aliphatic carbocycles. The summed E-state index contributed by atoms with van der Waals surface area (Å²) >= 11 is 1.76. The molecule has 0 atom stereocenters. The van der Waals surface area contributed by atoms with Crippen molar-refractivity contribution >= 4 is 23.3 Å². The lowest BCUT2D eigenvalue weighted by molar-refractivity contribution is -0.384. The molecule has 0 amide bonds. The normalized spacial score (nSPS) is 13.3. The van der Waals surface area contributed by atoms with E-state index in [1.165, 1.54) is 12.1 Å². The summed E-state index contributed by atoms with van der Waals surface area (Å²) in [5, 5.41) is 10.6. The first kappa shape index (κ1) is 11.9. The van der Waals surface area contributed by atoms with E-state index in [2.05, 4.69) is 9.97 Å². The van der Waals surface area contributed by atoms with Crippen LogP contribution < -0.4 is 5.73 Å². The zero-order valence-electron chi connectivity index (χ0n) is 9.87. The third-order valence-corrected chi connectivity index (χ3v) is 3.92. The molecule has 19 heavy (non-hydrogen) atoms. The Morgan fingerprint density at radius 2 is 1.95 bits per heavy atom. The van der Waals surface area contributed by atoms with E-state index in [0.29, 0.717) is 11.6 Å². The van der Waals surface area contributed by atoms with Gasteiger partial charge in [-0.2, -0.15) is 11.8 Å². The van der Waals surface area contributed by atoms with Gasteiger partial charge in [-0.15, -0.1) is 0 Å². The number of hydrogen-bond acceptors (Lipinski definition) is 6. The van der Waals surface area contributed by atoms with E-state index in [9.17, 15) is 10.1 Å². The van der Waals surface area contributed by atoms with Crippen LogP contribution in [0.2, 0.25) is 0 Å². The number of nitrogens with two attached hydrogens (primary N) is 1. The lowest BCUT2D eigenvalue weighted by atomic mass is 10.1. The Hall–Kier alpha value is -2.15. The number of fused-ring (bicyclic) bond motifs is 1. The number of aromatic nitrogens is 2. The van der Waals surface area contributed by atoms with Gasteiger partial charge in [0.15, 0.2) is 5.82 Å². The first-order valence-electron chi connectivity index (χ1n) is 5.63. The maximum absolute atomic E-state index is 10.6. The van der Waals surface area contributed by atoms with Gasteiger partial charge in [-0.25, -0.2) is 9.97 Å². The lowest BCUT2D eigenvalue weighted by Gasteiger charge is -2.05. The van der Waals surface area contributed by atoms with Crippen LogP contribution in [0.1, 0.15) is 11.3 Å². The quantitative estimate of drug-likeness (QED) is 0.667. The highest BCUT2D eigenvalue weighted by Gasteiger charge is 2.18. The standard InChI is InChI=1S/C12H10N4O2S/c13-11-9-5-19-6-10(9)14-12(15-11)7-1-3-8(4-2-7)16(17)18/h1-4H,5-6H2,(H2,13,14,15). The van der Waals surface area contributed by atoms with Crippen molar-refractivity contribution in [2.24, 2.45) is 0 Å². The number of rotatable bonds is 2. The Morgan fingerprint density at radius 1 is 1.21 bits per heavy atom. The van der Waals surface area contributed by atoms with E-state index < -0.39 is 4.92 Å². The Balaban J connectivity index is 2.02. The molecule has 2 heterocycles. The van der Waals surface area contributed by atoms with Gasteiger partial charge in [0, 0.05) is 34.8 Å². The van der Waals surface area contributed by atoms with Gasteiger partial charge in [0.05, 0.1) is 10.6 Å². The van der Waals surface area contributed by atoms with Crippen LogP contribution in [0.5, 0.6) is 0 Å². The molecule has 1 aromatic heterocycles. The molecule has 0 saturated heterocycles. The second kappa shape index (κ2) is 4.51. The number of nitrogens with zero attached hydrogens (tertiary/aromatic N) is 3. The number of hydrogen-bond donors (Lipinski definition) is 1. The van der Waals surface area contributed by atoms with Gasteiger partial charge >= 0.3 is 0 Å². The predicted molar refractivity (Wildman–Crippen MR) is 73.5 cm³/mol. The molecule has 2 aromatic rings. The predicted octanol–water partition coefficient (Wildman–Crippen LogP) is 2.38. The molecule has 0 unspecified atom stereocenters. The number of anilines is 1. The number of non-ortho nitro benzene ring substituents is 1. The van der Waals surface area contributed by atoms with Gasteiger partial charge in [-0.3, -0.25) is 10.1 Å². The molecule has 1 aromatic carbocycles. The summed E-state index contributed by atoms with van der Waals surface area (Å²) in [6.45, 7) is 0. The van der Waals surface area contributed by atoms with Crippen molar-refractivity contribution in [2.75, 3.05) is 5.73 Å². The molecule has 3 rings (SSSR count). The topological polar surface area (TPSA) is 94.9 Å².